The van der Waals surface area contributed by atoms with E-state index < -0.39 is 57.8 Å². The minimum atomic E-state index is -4.65. The molecule has 0 aromatic heterocycles. The van der Waals surface area contributed by atoms with Gasteiger partial charge < -0.3 is 20.1 Å². The van der Waals surface area contributed by atoms with Crippen LogP contribution in [0.4, 0.5) is 17.1 Å². The van der Waals surface area contributed by atoms with E-state index in [9.17, 15) is 41.5 Å². The molecule has 0 radical (unpaired) electrons. The summed E-state index contributed by atoms with van der Waals surface area (Å²) in [6.07, 6.45) is 18.3. The fourth-order valence-electron chi connectivity index (χ4n) is 7.00. The first-order chi connectivity index (χ1) is 31.1. The number of aromatic carboxylic acids is 1. The molecule has 67 heavy (non-hydrogen) atoms. The Bertz CT molecular complexity index is 2510. The Morgan fingerprint density at radius 1 is 0.701 bits per heavy atom. The van der Waals surface area contributed by atoms with E-state index in [1.165, 1.54) is 88.5 Å². The number of hydrogen-bond acceptors (Lipinski definition) is 13. The monoisotopic (exact) mass is 977 g/mol. The van der Waals surface area contributed by atoms with E-state index in [1.807, 2.05) is 0 Å². The number of hydrogen-bond donors (Lipinski definition) is 4. The van der Waals surface area contributed by atoms with Gasteiger partial charge in [-0.1, -0.05) is 139 Å². The van der Waals surface area contributed by atoms with Crippen molar-refractivity contribution >= 4 is 60.3 Å². The first-order valence-corrected chi connectivity index (χ1v) is 25.2. The van der Waals surface area contributed by atoms with Gasteiger partial charge in [0.25, 0.3) is 10.1 Å². The zero-order valence-electron chi connectivity index (χ0n) is 39.4. The van der Waals surface area contributed by atoms with Gasteiger partial charge in [0.05, 0.1) is 50.4 Å². The van der Waals surface area contributed by atoms with Crippen molar-refractivity contribution < 1.29 is 105 Å². The zero-order chi connectivity index (χ0) is 47.2. The average Bonchev–Trinajstić information content (AvgIpc) is 3.28. The smallest absolute Gasteiger partial charge is 0.872 e. The summed E-state index contributed by atoms with van der Waals surface area (Å²) in [5.41, 5.74) is 6.15. The largest absolute Gasteiger partial charge is 1.00 e. The summed E-state index contributed by atoms with van der Waals surface area (Å²) in [5.74, 6) is -3.13. The van der Waals surface area contributed by atoms with Gasteiger partial charge in [-0.05, 0) is 86.7 Å². The van der Waals surface area contributed by atoms with Crippen LogP contribution in [0.15, 0.2) is 115 Å². The second-order valence-electron chi connectivity index (χ2n) is 15.7. The number of aliphatic imine (C=N–C) groups is 1. The molecule has 0 saturated carbocycles. The van der Waals surface area contributed by atoms with Crippen molar-refractivity contribution in [1.29, 1.82) is 0 Å². The summed E-state index contributed by atoms with van der Waals surface area (Å²) < 4.78 is 68.0. The van der Waals surface area contributed by atoms with Gasteiger partial charge in [0, 0.05) is 0 Å². The molecule has 4 aromatic carbocycles. The molecule has 0 fully saturated rings. The molecule has 0 saturated heterocycles. The fraction of sp³-hybridized carbons (Fsp3) is 0.417. The van der Waals surface area contributed by atoms with Crippen LogP contribution in [0, 0.1) is 0 Å². The van der Waals surface area contributed by atoms with Crippen LogP contribution in [0.25, 0.3) is 0 Å². The summed E-state index contributed by atoms with van der Waals surface area (Å²) in [4.78, 5) is 14.6. The molecule has 19 heteroatoms. The third-order valence-corrected chi connectivity index (χ3v) is 13.3. The minimum Gasteiger partial charge on any atom is -0.872 e. The number of carbonyl (C=O) groups is 1. The molecule has 0 aliphatic carbocycles. The number of nitrogens with one attached hydrogen (secondary N) is 2. The number of hydrazone groups is 2. The van der Waals surface area contributed by atoms with Crippen molar-refractivity contribution in [2.24, 2.45) is 15.2 Å². The maximum Gasteiger partial charge on any atom is 1.00 e. The van der Waals surface area contributed by atoms with Crippen LogP contribution in [0.2, 0.25) is 0 Å². The van der Waals surface area contributed by atoms with Crippen LogP contribution in [0.5, 0.6) is 11.5 Å². The molecular formula is C48H61N5Na2O10S2. The zero-order valence-corrected chi connectivity index (χ0v) is 45.1. The van der Waals surface area contributed by atoms with Crippen LogP contribution in [0.1, 0.15) is 139 Å². The molecule has 0 heterocycles. The first-order valence-electron chi connectivity index (χ1n) is 22.3. The molecule has 4 aromatic rings. The van der Waals surface area contributed by atoms with E-state index in [-0.39, 0.29) is 94.1 Å². The van der Waals surface area contributed by atoms with Gasteiger partial charge in [0.1, 0.15) is 10.6 Å². The van der Waals surface area contributed by atoms with Gasteiger partial charge in [-0.15, -0.1) is 0 Å². The molecule has 15 nitrogen and oxygen atoms in total. The fourth-order valence-corrected chi connectivity index (χ4v) is 9.11. The molecule has 4 N–H and O–H groups in total. The van der Waals surface area contributed by atoms with Crippen LogP contribution in [-0.4, -0.2) is 56.4 Å². The summed E-state index contributed by atoms with van der Waals surface area (Å²) in [5, 5.41) is 43.9. The van der Waals surface area contributed by atoms with E-state index in [0.29, 0.717) is 17.8 Å². The van der Waals surface area contributed by atoms with Gasteiger partial charge >= 0.3 is 65.1 Å². The summed E-state index contributed by atoms with van der Waals surface area (Å²) in [7, 11) is -9.21. The van der Waals surface area contributed by atoms with E-state index in [2.05, 4.69) is 33.0 Å². The Hall–Kier alpha value is -3.78. The van der Waals surface area contributed by atoms with Gasteiger partial charge in [-0.2, -0.15) is 18.6 Å². The van der Waals surface area contributed by atoms with E-state index >= 15 is 0 Å². The number of sulfone groups is 1. The number of anilines is 2. The molecule has 0 aliphatic heterocycles. The summed E-state index contributed by atoms with van der Waals surface area (Å²) in [6, 6.07) is 18.9. The van der Waals surface area contributed by atoms with Crippen LogP contribution in [-0.2, 0) is 20.0 Å². The van der Waals surface area contributed by atoms with Crippen molar-refractivity contribution in [3.63, 3.8) is 0 Å². The van der Waals surface area contributed by atoms with E-state index in [4.69, 9.17) is 4.74 Å². The number of carboxylic acid groups (broad SMARTS) is 1. The topological polar surface area (TPSA) is 242 Å². The average molecular weight is 978 g/mol. The van der Waals surface area contributed by atoms with Gasteiger partial charge in [0.15, 0.2) is 0 Å². The Morgan fingerprint density at radius 2 is 1.30 bits per heavy atom. The minimum absolute atomic E-state index is 0. The molecule has 0 bridgehead atoms. The van der Waals surface area contributed by atoms with Crippen molar-refractivity contribution in [2.75, 3.05) is 17.5 Å². The summed E-state index contributed by atoms with van der Waals surface area (Å²) in [6.45, 7) is 5.74. The quantitative estimate of drug-likeness (QED) is 0.0151. The Morgan fingerprint density at radius 3 is 1.87 bits per heavy atom. The number of benzene rings is 4. The molecule has 0 spiro atoms. The molecule has 0 atom stereocenters. The number of nitrogens with zero attached hydrogens (tertiary/aromatic N) is 3. The normalized spacial score (nSPS) is 12.2. The standard InChI is InChI=1S/C48H63N5O10S2.2Na/c1-4-6-7-8-9-10-11-12-13-14-15-16-17-18-22-25-41(52-51-38-27-31-44(63-5-2)46(33-38)65(60,61)62)35(3)50-53-42-29-26-37(49-47(55)36-23-20-19-21-24-36)32-45(42)64(58,59)39-28-30-43(54)40(34-39)48(56)57;;/h19-21,23-24,26-34,51,53-54H,4-18,22,25H2,1-3H3,(H,49,55)(H,56,57)(H,60,61,62);;/q;2*+1/p-2/b50-35-,52-41-;;. The number of rotatable bonds is 29. The Labute approximate surface area is 440 Å². The summed E-state index contributed by atoms with van der Waals surface area (Å²) >= 11 is 0. The maximum absolute atomic E-state index is 14.2. The van der Waals surface area contributed by atoms with Crippen LogP contribution in [0.3, 0.4) is 0 Å². The van der Waals surface area contributed by atoms with Crippen molar-refractivity contribution in [1.82, 2.24) is 0 Å². The molecule has 4 rings (SSSR count). The number of carboxylic acids is 1. The molecular weight excluding hydrogens is 917 g/mol. The van der Waals surface area contributed by atoms with Gasteiger partial charge in [-0.3, -0.25) is 20.4 Å². The van der Waals surface area contributed by atoms with E-state index in [1.54, 1.807) is 50.2 Å². The first kappa shape index (κ1) is 59.3. The third kappa shape index (κ3) is 19.6. The van der Waals surface area contributed by atoms with Gasteiger partial charge in [-0.25, -0.2) is 13.2 Å². The van der Waals surface area contributed by atoms with Crippen molar-refractivity contribution in [3.8, 4) is 11.5 Å². The molecule has 352 valence electrons. The second-order valence-corrected chi connectivity index (χ2v) is 19.0. The van der Waals surface area contributed by atoms with Gasteiger partial charge in [0.2, 0.25) is 9.84 Å². The predicted molar refractivity (Wildman–Crippen MR) is 252 cm³/mol. The van der Waals surface area contributed by atoms with Crippen molar-refractivity contribution in [2.45, 2.75) is 138 Å². The second kappa shape index (κ2) is 30.7. The molecule has 0 unspecified atom stereocenters. The number of unbranched alkanes of at least 4 members (excludes halogenated alkanes) is 14. The third-order valence-electron chi connectivity index (χ3n) is 10.6. The van der Waals surface area contributed by atoms with Crippen LogP contribution >= 0.6 is 0 Å². The Balaban J connectivity index is 0.00000771. The SMILES string of the molecule is CCCCCCCCCCCCCCCCCC(=N/Nc1ccc(OCC)c(S(=O)(=O)O)c1)/C(C)=N\Nc1ccc(N=C([O-])c2ccccc2)cc1S(=O)(=O)c1ccc([O-])c(C(=O)O)c1.[Na+].[Na+]. The van der Waals surface area contributed by atoms with Crippen molar-refractivity contribution in [3.05, 3.63) is 96.1 Å². The Kier molecular flexibility index (Phi) is 27.2. The van der Waals surface area contributed by atoms with E-state index in [0.717, 1.165) is 56.4 Å². The molecule has 0 amide bonds. The predicted octanol–water partition coefficient (Wildman–Crippen LogP) is 3.90. The maximum atomic E-state index is 14.2. The van der Waals surface area contributed by atoms with Crippen LogP contribution < -0.4 is 84.9 Å². The molecule has 0 aliphatic rings. The number of ether oxygens (including phenoxy) is 1.